The lowest BCUT2D eigenvalue weighted by Crippen LogP contribution is -2.49. The van der Waals surface area contributed by atoms with Crippen molar-refractivity contribution in [1.29, 1.82) is 0 Å². The molecule has 0 saturated carbocycles. The molecule has 1 aromatic carbocycles. The van der Waals surface area contributed by atoms with Crippen LogP contribution in [0.25, 0.3) is 0 Å². The molecule has 0 bridgehead atoms. The molecule has 1 fully saturated rings. The molecule has 0 radical (unpaired) electrons. The standard InChI is InChI=1S/C21H30N6O/c1-6-16-7-9-17(10-8-16)19(28)26-11-13-27(14-12-26)21-23-18(15(2)3)22-20(24-21)25(4)5/h7-10,15H,6,11-14H2,1-5H3. The van der Waals surface area contributed by atoms with Crippen LogP contribution in [0.1, 0.15) is 48.4 Å². The Bertz CT molecular complexity index is 784. The van der Waals surface area contributed by atoms with Gasteiger partial charge in [0, 0.05) is 51.8 Å². The van der Waals surface area contributed by atoms with Gasteiger partial charge < -0.3 is 14.7 Å². The Hall–Kier alpha value is -2.70. The first-order chi connectivity index (χ1) is 13.4. The van der Waals surface area contributed by atoms with Crippen LogP contribution in [-0.2, 0) is 6.42 Å². The lowest BCUT2D eigenvalue weighted by Gasteiger charge is -2.35. The first-order valence-electron chi connectivity index (χ1n) is 9.95. The van der Waals surface area contributed by atoms with E-state index in [1.54, 1.807) is 0 Å². The minimum Gasteiger partial charge on any atom is -0.347 e. The fourth-order valence-electron chi connectivity index (χ4n) is 3.14. The summed E-state index contributed by atoms with van der Waals surface area (Å²) < 4.78 is 0. The zero-order chi connectivity index (χ0) is 20.3. The zero-order valence-electron chi connectivity index (χ0n) is 17.5. The average molecular weight is 383 g/mol. The molecule has 2 heterocycles. The number of aryl methyl sites for hydroxylation is 1. The second-order valence-corrected chi connectivity index (χ2v) is 7.67. The minimum atomic E-state index is 0.0924. The molecule has 0 atom stereocenters. The zero-order valence-corrected chi connectivity index (χ0v) is 17.5. The number of piperazine rings is 1. The fourth-order valence-corrected chi connectivity index (χ4v) is 3.14. The van der Waals surface area contributed by atoms with Crippen LogP contribution >= 0.6 is 0 Å². The Labute approximate surface area is 167 Å². The fraction of sp³-hybridized carbons (Fsp3) is 0.524. The molecule has 1 saturated heterocycles. The van der Waals surface area contributed by atoms with E-state index >= 15 is 0 Å². The Morgan fingerprint density at radius 2 is 1.68 bits per heavy atom. The van der Waals surface area contributed by atoms with Gasteiger partial charge in [-0.15, -0.1) is 0 Å². The maximum atomic E-state index is 12.8. The third-order valence-electron chi connectivity index (χ3n) is 5.00. The van der Waals surface area contributed by atoms with Crippen molar-refractivity contribution < 1.29 is 4.79 Å². The SMILES string of the molecule is CCc1ccc(C(=O)N2CCN(c3nc(C(C)C)nc(N(C)C)n3)CC2)cc1. The molecule has 1 aromatic heterocycles. The summed E-state index contributed by atoms with van der Waals surface area (Å²) in [4.78, 5) is 32.6. The highest BCUT2D eigenvalue weighted by Crippen LogP contribution is 2.19. The summed E-state index contributed by atoms with van der Waals surface area (Å²) in [7, 11) is 3.87. The van der Waals surface area contributed by atoms with Crippen LogP contribution < -0.4 is 9.80 Å². The van der Waals surface area contributed by atoms with Gasteiger partial charge in [0.1, 0.15) is 5.82 Å². The van der Waals surface area contributed by atoms with Gasteiger partial charge in [0.05, 0.1) is 0 Å². The maximum absolute atomic E-state index is 12.8. The van der Waals surface area contributed by atoms with E-state index in [0.29, 0.717) is 38.1 Å². The topological polar surface area (TPSA) is 65.5 Å². The highest BCUT2D eigenvalue weighted by atomic mass is 16.2. The molecule has 2 aromatic rings. The van der Waals surface area contributed by atoms with E-state index in [-0.39, 0.29) is 11.8 Å². The molecule has 1 aliphatic heterocycles. The summed E-state index contributed by atoms with van der Waals surface area (Å²) >= 11 is 0. The third kappa shape index (κ3) is 4.40. The van der Waals surface area contributed by atoms with Crippen molar-refractivity contribution >= 4 is 17.8 Å². The van der Waals surface area contributed by atoms with E-state index in [2.05, 4.69) is 40.6 Å². The van der Waals surface area contributed by atoms with Gasteiger partial charge in [-0.2, -0.15) is 15.0 Å². The van der Waals surface area contributed by atoms with Crippen molar-refractivity contribution in [2.24, 2.45) is 0 Å². The molecule has 7 nitrogen and oxygen atoms in total. The van der Waals surface area contributed by atoms with Crippen molar-refractivity contribution in [1.82, 2.24) is 19.9 Å². The van der Waals surface area contributed by atoms with E-state index < -0.39 is 0 Å². The van der Waals surface area contributed by atoms with Crippen LogP contribution in [0.5, 0.6) is 0 Å². The number of aromatic nitrogens is 3. The van der Waals surface area contributed by atoms with Gasteiger partial charge in [0.2, 0.25) is 11.9 Å². The first-order valence-corrected chi connectivity index (χ1v) is 9.95. The van der Waals surface area contributed by atoms with Crippen molar-refractivity contribution in [3.05, 3.63) is 41.2 Å². The molecule has 0 aliphatic carbocycles. The first kappa shape index (κ1) is 20.0. The number of benzene rings is 1. The van der Waals surface area contributed by atoms with Crippen molar-refractivity contribution in [3.8, 4) is 0 Å². The van der Waals surface area contributed by atoms with E-state index in [1.165, 1.54) is 5.56 Å². The number of carbonyl (C=O) groups is 1. The molecular formula is C21H30N6O. The number of nitrogens with zero attached hydrogens (tertiary/aromatic N) is 6. The molecule has 7 heteroatoms. The van der Waals surface area contributed by atoms with Gasteiger partial charge in [0.25, 0.3) is 5.91 Å². The second-order valence-electron chi connectivity index (χ2n) is 7.67. The van der Waals surface area contributed by atoms with Gasteiger partial charge in [-0.25, -0.2) is 0 Å². The van der Waals surface area contributed by atoms with E-state index in [4.69, 9.17) is 0 Å². The van der Waals surface area contributed by atoms with Gasteiger partial charge in [-0.05, 0) is 24.1 Å². The number of rotatable bonds is 5. The Kier molecular flexibility index (Phi) is 6.11. The summed E-state index contributed by atoms with van der Waals surface area (Å²) in [5, 5.41) is 0. The highest BCUT2D eigenvalue weighted by molar-refractivity contribution is 5.94. The van der Waals surface area contributed by atoms with Crippen LogP contribution in [0, 0.1) is 0 Å². The molecule has 1 aliphatic rings. The van der Waals surface area contributed by atoms with Crippen molar-refractivity contribution in [2.45, 2.75) is 33.1 Å². The van der Waals surface area contributed by atoms with E-state index in [9.17, 15) is 4.79 Å². The molecule has 3 rings (SSSR count). The van der Waals surface area contributed by atoms with Gasteiger partial charge >= 0.3 is 0 Å². The van der Waals surface area contributed by atoms with Crippen LogP contribution in [0.2, 0.25) is 0 Å². The van der Waals surface area contributed by atoms with Crippen molar-refractivity contribution in [2.75, 3.05) is 50.1 Å². The summed E-state index contributed by atoms with van der Waals surface area (Å²) in [6, 6.07) is 7.92. The Balaban J connectivity index is 1.70. The van der Waals surface area contributed by atoms with Crippen LogP contribution in [0.3, 0.4) is 0 Å². The predicted octanol–water partition coefficient (Wildman–Crippen LogP) is 2.59. The number of amides is 1. The summed E-state index contributed by atoms with van der Waals surface area (Å²) in [6.07, 6.45) is 0.979. The van der Waals surface area contributed by atoms with Crippen LogP contribution in [0.15, 0.2) is 24.3 Å². The predicted molar refractivity (Wildman–Crippen MR) is 112 cm³/mol. The van der Waals surface area contributed by atoms with Crippen molar-refractivity contribution in [3.63, 3.8) is 0 Å². The largest absolute Gasteiger partial charge is 0.347 e. The summed E-state index contributed by atoms with van der Waals surface area (Å²) in [5.74, 6) is 2.48. The normalized spacial score (nSPS) is 14.5. The number of hydrogen-bond acceptors (Lipinski definition) is 6. The molecule has 1 amide bonds. The summed E-state index contributed by atoms with van der Waals surface area (Å²) in [5.41, 5.74) is 2.00. The lowest BCUT2D eigenvalue weighted by atomic mass is 10.1. The molecule has 0 N–H and O–H groups in total. The molecular weight excluding hydrogens is 352 g/mol. The minimum absolute atomic E-state index is 0.0924. The quantitative estimate of drug-likeness (QED) is 0.792. The van der Waals surface area contributed by atoms with Gasteiger partial charge in [-0.1, -0.05) is 32.9 Å². The Morgan fingerprint density at radius 1 is 1.04 bits per heavy atom. The monoisotopic (exact) mass is 382 g/mol. The Morgan fingerprint density at radius 3 is 2.21 bits per heavy atom. The number of carbonyl (C=O) groups excluding carboxylic acids is 1. The molecule has 0 spiro atoms. The molecule has 28 heavy (non-hydrogen) atoms. The summed E-state index contributed by atoms with van der Waals surface area (Å²) in [6.45, 7) is 9.03. The second kappa shape index (κ2) is 8.54. The smallest absolute Gasteiger partial charge is 0.253 e. The van der Waals surface area contributed by atoms with E-state index in [0.717, 1.165) is 17.8 Å². The number of hydrogen-bond donors (Lipinski definition) is 0. The molecule has 0 unspecified atom stereocenters. The maximum Gasteiger partial charge on any atom is 0.253 e. The molecule has 150 valence electrons. The van der Waals surface area contributed by atoms with Crippen LogP contribution in [0.4, 0.5) is 11.9 Å². The van der Waals surface area contributed by atoms with Crippen LogP contribution in [-0.4, -0.2) is 66.0 Å². The highest BCUT2D eigenvalue weighted by Gasteiger charge is 2.24. The third-order valence-corrected chi connectivity index (χ3v) is 5.00. The number of anilines is 2. The van der Waals surface area contributed by atoms with Gasteiger partial charge in [0.15, 0.2) is 0 Å². The van der Waals surface area contributed by atoms with Gasteiger partial charge in [-0.3, -0.25) is 4.79 Å². The van der Waals surface area contributed by atoms with E-state index in [1.807, 2.05) is 48.2 Å². The lowest BCUT2D eigenvalue weighted by molar-refractivity contribution is 0.0746. The average Bonchev–Trinajstić information content (AvgIpc) is 2.73.